The van der Waals surface area contributed by atoms with Crippen LogP contribution in [0.1, 0.15) is 41.6 Å². The van der Waals surface area contributed by atoms with E-state index < -0.39 is 17.6 Å². The third-order valence-electron chi connectivity index (χ3n) is 4.77. The minimum atomic E-state index is -4.52. The number of allylic oxidation sites excluding steroid dienone is 1. The molecule has 1 aromatic carbocycles. The largest absolute Gasteiger partial charge is 0.416 e. The Hall–Kier alpha value is -2.19. The summed E-state index contributed by atoms with van der Waals surface area (Å²) in [4.78, 5) is 12.4. The van der Waals surface area contributed by atoms with Crippen LogP contribution in [0.2, 0.25) is 5.02 Å². The minimum Gasteiger partial charge on any atom is -0.384 e. The second-order valence-corrected chi connectivity index (χ2v) is 7.14. The van der Waals surface area contributed by atoms with E-state index in [0.29, 0.717) is 5.92 Å². The lowest BCUT2D eigenvalue weighted by Crippen LogP contribution is -2.39. The SMILES string of the molecule is C=C/C(=C\NN)NCC1CCC(NC(=O)c2cc(C(F)(F)F)ccc2Cl)CC1. The number of nitrogens with one attached hydrogen (secondary N) is 3. The van der Waals surface area contributed by atoms with Gasteiger partial charge in [0.2, 0.25) is 0 Å². The van der Waals surface area contributed by atoms with Crippen molar-refractivity contribution in [3.63, 3.8) is 0 Å². The molecule has 0 aromatic heterocycles. The van der Waals surface area contributed by atoms with Gasteiger partial charge in [-0.05, 0) is 55.9 Å². The van der Waals surface area contributed by atoms with E-state index >= 15 is 0 Å². The van der Waals surface area contributed by atoms with E-state index in [-0.39, 0.29) is 16.6 Å². The van der Waals surface area contributed by atoms with E-state index in [2.05, 4.69) is 22.6 Å². The molecule has 154 valence electrons. The van der Waals surface area contributed by atoms with Gasteiger partial charge in [-0.1, -0.05) is 18.2 Å². The third kappa shape index (κ3) is 6.17. The summed E-state index contributed by atoms with van der Waals surface area (Å²) in [6.07, 6.45) is 2.00. The first-order valence-electron chi connectivity index (χ1n) is 8.94. The number of carbonyl (C=O) groups excluding carboxylic acids is 1. The van der Waals surface area contributed by atoms with Crippen molar-refractivity contribution in [2.24, 2.45) is 11.8 Å². The molecule has 0 bridgehead atoms. The van der Waals surface area contributed by atoms with Crippen LogP contribution in [-0.4, -0.2) is 18.5 Å². The third-order valence-corrected chi connectivity index (χ3v) is 5.10. The summed E-state index contributed by atoms with van der Waals surface area (Å²) in [5.74, 6) is 5.09. The predicted molar refractivity (Wildman–Crippen MR) is 103 cm³/mol. The number of alkyl halides is 3. The van der Waals surface area contributed by atoms with Crippen LogP contribution < -0.4 is 21.9 Å². The number of amides is 1. The molecule has 5 N–H and O–H groups in total. The maximum atomic E-state index is 12.9. The zero-order valence-electron chi connectivity index (χ0n) is 15.3. The van der Waals surface area contributed by atoms with E-state index in [1.54, 1.807) is 12.3 Å². The summed E-state index contributed by atoms with van der Waals surface area (Å²) in [5.41, 5.74) is 2.18. The van der Waals surface area contributed by atoms with Crippen LogP contribution in [-0.2, 0) is 6.18 Å². The van der Waals surface area contributed by atoms with Gasteiger partial charge in [0.05, 0.1) is 21.8 Å². The van der Waals surface area contributed by atoms with E-state index in [4.69, 9.17) is 17.4 Å². The molecule has 1 fully saturated rings. The fraction of sp³-hybridized carbons (Fsp3) is 0.421. The van der Waals surface area contributed by atoms with E-state index in [1.807, 2.05) is 0 Å². The van der Waals surface area contributed by atoms with Crippen LogP contribution in [0.5, 0.6) is 0 Å². The van der Waals surface area contributed by atoms with Gasteiger partial charge in [-0.25, -0.2) is 0 Å². The van der Waals surface area contributed by atoms with Crippen LogP contribution >= 0.6 is 11.6 Å². The van der Waals surface area contributed by atoms with Crippen LogP contribution in [0.15, 0.2) is 42.8 Å². The fourth-order valence-corrected chi connectivity index (χ4v) is 3.39. The number of hydrogen-bond acceptors (Lipinski definition) is 4. The van der Waals surface area contributed by atoms with Gasteiger partial charge in [-0.15, -0.1) is 0 Å². The molecular formula is C19H24ClF3N4O. The van der Waals surface area contributed by atoms with Crippen molar-refractivity contribution in [2.75, 3.05) is 6.54 Å². The van der Waals surface area contributed by atoms with Crippen LogP contribution in [0.3, 0.4) is 0 Å². The van der Waals surface area contributed by atoms with Crippen LogP contribution in [0, 0.1) is 5.92 Å². The average Bonchev–Trinajstić information content (AvgIpc) is 2.65. The smallest absolute Gasteiger partial charge is 0.384 e. The summed E-state index contributed by atoms with van der Waals surface area (Å²) in [7, 11) is 0. The lowest BCUT2D eigenvalue weighted by atomic mass is 9.86. The summed E-state index contributed by atoms with van der Waals surface area (Å²) >= 11 is 5.93. The molecule has 2 rings (SSSR count). The lowest BCUT2D eigenvalue weighted by Gasteiger charge is -2.29. The highest BCUT2D eigenvalue weighted by molar-refractivity contribution is 6.33. The maximum Gasteiger partial charge on any atom is 0.416 e. The molecule has 0 aliphatic heterocycles. The predicted octanol–water partition coefficient (Wildman–Crippen LogP) is 3.73. The van der Waals surface area contributed by atoms with E-state index in [0.717, 1.165) is 56.1 Å². The van der Waals surface area contributed by atoms with Gasteiger partial charge in [0.1, 0.15) is 0 Å². The molecule has 9 heteroatoms. The zero-order valence-corrected chi connectivity index (χ0v) is 16.0. The van der Waals surface area contributed by atoms with Gasteiger partial charge < -0.3 is 16.1 Å². The summed E-state index contributed by atoms with van der Waals surface area (Å²) in [5, 5.41) is 6.05. The quantitative estimate of drug-likeness (QED) is 0.310. The van der Waals surface area contributed by atoms with Crippen molar-refractivity contribution in [3.05, 3.63) is 58.9 Å². The van der Waals surface area contributed by atoms with Gasteiger partial charge in [0.15, 0.2) is 0 Å². The molecule has 0 heterocycles. The van der Waals surface area contributed by atoms with Gasteiger partial charge in [-0.2, -0.15) is 13.2 Å². The zero-order chi connectivity index (χ0) is 20.7. The lowest BCUT2D eigenvalue weighted by molar-refractivity contribution is -0.137. The normalized spacial score (nSPS) is 20.4. The van der Waals surface area contributed by atoms with Crippen LogP contribution in [0.25, 0.3) is 0 Å². The maximum absolute atomic E-state index is 12.9. The summed E-state index contributed by atoms with van der Waals surface area (Å²) in [6.45, 7) is 4.44. The Morgan fingerprint density at radius 3 is 2.54 bits per heavy atom. The summed E-state index contributed by atoms with van der Waals surface area (Å²) in [6, 6.07) is 2.67. The monoisotopic (exact) mass is 416 g/mol. The van der Waals surface area contributed by atoms with Crippen molar-refractivity contribution in [1.82, 2.24) is 16.1 Å². The van der Waals surface area contributed by atoms with Crippen molar-refractivity contribution in [3.8, 4) is 0 Å². The number of carbonyl (C=O) groups is 1. The Morgan fingerprint density at radius 1 is 1.29 bits per heavy atom. The average molecular weight is 417 g/mol. The molecule has 28 heavy (non-hydrogen) atoms. The first-order chi connectivity index (χ1) is 13.2. The molecule has 1 aliphatic rings. The number of benzene rings is 1. The molecule has 1 saturated carbocycles. The second-order valence-electron chi connectivity index (χ2n) is 6.73. The highest BCUT2D eigenvalue weighted by atomic mass is 35.5. The highest BCUT2D eigenvalue weighted by Crippen LogP contribution is 2.32. The van der Waals surface area contributed by atoms with Gasteiger partial charge in [0.25, 0.3) is 5.91 Å². The molecule has 0 spiro atoms. The fourth-order valence-electron chi connectivity index (χ4n) is 3.18. The van der Waals surface area contributed by atoms with Gasteiger partial charge in [-0.3, -0.25) is 10.6 Å². The molecule has 0 saturated heterocycles. The molecule has 0 unspecified atom stereocenters. The Morgan fingerprint density at radius 2 is 1.96 bits per heavy atom. The summed E-state index contributed by atoms with van der Waals surface area (Å²) < 4.78 is 38.6. The number of hydrogen-bond donors (Lipinski definition) is 4. The van der Waals surface area contributed by atoms with E-state index in [1.165, 1.54) is 0 Å². The van der Waals surface area contributed by atoms with Crippen LogP contribution in [0.4, 0.5) is 13.2 Å². The Bertz CT molecular complexity index is 728. The topological polar surface area (TPSA) is 79.2 Å². The number of nitrogens with two attached hydrogens (primary N) is 1. The molecule has 0 radical (unpaired) electrons. The van der Waals surface area contributed by atoms with Crippen molar-refractivity contribution < 1.29 is 18.0 Å². The second kappa shape index (κ2) is 9.84. The first kappa shape index (κ1) is 22.1. The molecule has 1 aliphatic carbocycles. The van der Waals surface area contributed by atoms with Gasteiger partial charge in [0, 0.05) is 18.8 Å². The molecule has 5 nitrogen and oxygen atoms in total. The number of halogens is 4. The Labute approximate surface area is 167 Å². The van der Waals surface area contributed by atoms with E-state index in [9.17, 15) is 18.0 Å². The first-order valence-corrected chi connectivity index (χ1v) is 9.32. The van der Waals surface area contributed by atoms with Crippen molar-refractivity contribution >= 4 is 17.5 Å². The standard InChI is InChI=1S/C19H24ClF3N4O/c1-2-14(11-26-24)25-10-12-3-6-15(7-4-12)27-18(28)16-9-13(19(21,22)23)5-8-17(16)20/h2,5,8-9,11-12,15,25-26H,1,3-4,6-7,10,24H2,(H,27,28)/b14-11+. The molecular weight excluding hydrogens is 393 g/mol. The van der Waals surface area contributed by atoms with Crippen molar-refractivity contribution in [2.45, 2.75) is 37.9 Å². The number of rotatable bonds is 7. The Balaban J connectivity index is 1.88. The molecule has 1 amide bonds. The van der Waals surface area contributed by atoms with Crippen molar-refractivity contribution in [1.29, 1.82) is 0 Å². The highest BCUT2D eigenvalue weighted by Gasteiger charge is 2.32. The Kier molecular flexibility index (Phi) is 7.77. The molecule has 1 aromatic rings. The number of hydrazine groups is 1. The molecule has 0 atom stereocenters. The minimum absolute atomic E-state index is 0.000593. The van der Waals surface area contributed by atoms with Gasteiger partial charge >= 0.3 is 6.18 Å².